The zero-order valence-corrected chi connectivity index (χ0v) is 20.5. The van der Waals surface area contributed by atoms with Gasteiger partial charge in [-0.1, -0.05) is 23.7 Å². The van der Waals surface area contributed by atoms with Gasteiger partial charge in [0.1, 0.15) is 27.3 Å². The largest absolute Gasteiger partial charge is 0.379 e. The van der Waals surface area contributed by atoms with Crippen LogP contribution in [-0.4, -0.2) is 25.2 Å². The lowest BCUT2D eigenvalue weighted by Gasteiger charge is -2.09. The maximum atomic E-state index is 12.6. The highest BCUT2D eigenvalue weighted by molar-refractivity contribution is 7.87. The summed E-state index contributed by atoms with van der Waals surface area (Å²) in [6.07, 6.45) is 1.20. The molecule has 0 heterocycles. The standard InChI is InChI=1S/C24H17ClN4O7S/c1-15(30)27-18-5-8-21(9-6-18)37(34,35)36-20-4-2-3-16(12-20)11-17(14-26)24(31)28-19-7-10-22(25)23(13-19)29(32)33/h2-13H,1H3,(H,27,30)(H,28,31)/b17-11+. The second-order valence-corrected chi connectivity index (χ2v) is 9.32. The number of nitriles is 1. The van der Waals surface area contributed by atoms with Crippen LogP contribution >= 0.6 is 11.6 Å². The van der Waals surface area contributed by atoms with Crippen LogP contribution in [0.2, 0.25) is 5.02 Å². The lowest BCUT2D eigenvalue weighted by Crippen LogP contribution is -2.13. The highest BCUT2D eigenvalue weighted by Gasteiger charge is 2.18. The normalized spacial score (nSPS) is 11.2. The Morgan fingerprint density at radius 3 is 2.35 bits per heavy atom. The van der Waals surface area contributed by atoms with Crippen molar-refractivity contribution in [2.45, 2.75) is 11.8 Å². The van der Waals surface area contributed by atoms with Crippen molar-refractivity contribution in [2.75, 3.05) is 10.6 Å². The summed E-state index contributed by atoms with van der Waals surface area (Å²) >= 11 is 5.76. The number of nitro groups is 1. The number of benzene rings is 3. The van der Waals surface area contributed by atoms with Gasteiger partial charge in [0.05, 0.1) is 4.92 Å². The molecule has 0 unspecified atom stereocenters. The minimum atomic E-state index is -4.22. The Hall–Kier alpha value is -4.73. The molecule has 188 valence electrons. The minimum absolute atomic E-state index is 0.0509. The molecule has 0 aliphatic carbocycles. The van der Waals surface area contributed by atoms with Crippen LogP contribution in [0.5, 0.6) is 5.75 Å². The number of anilines is 2. The fraction of sp³-hybridized carbons (Fsp3) is 0.0417. The number of nitrogens with one attached hydrogen (secondary N) is 2. The van der Waals surface area contributed by atoms with Gasteiger partial charge in [-0.2, -0.15) is 13.7 Å². The molecule has 37 heavy (non-hydrogen) atoms. The predicted octanol–water partition coefficient (Wildman–Crippen LogP) is 4.52. The molecule has 0 saturated carbocycles. The second kappa shape index (κ2) is 11.3. The van der Waals surface area contributed by atoms with E-state index in [0.29, 0.717) is 5.69 Å². The fourth-order valence-electron chi connectivity index (χ4n) is 2.98. The monoisotopic (exact) mass is 540 g/mol. The number of halogens is 1. The lowest BCUT2D eigenvalue weighted by atomic mass is 10.1. The smallest absolute Gasteiger partial charge is 0.339 e. The first-order valence-electron chi connectivity index (χ1n) is 10.3. The summed E-state index contributed by atoms with van der Waals surface area (Å²) in [5, 5.41) is 25.3. The van der Waals surface area contributed by atoms with E-state index in [-0.39, 0.29) is 38.4 Å². The zero-order chi connectivity index (χ0) is 27.2. The predicted molar refractivity (Wildman–Crippen MR) is 135 cm³/mol. The van der Waals surface area contributed by atoms with Gasteiger partial charge in [0, 0.05) is 24.4 Å². The fourth-order valence-corrected chi connectivity index (χ4v) is 4.09. The van der Waals surface area contributed by atoms with Gasteiger partial charge < -0.3 is 14.8 Å². The Morgan fingerprint density at radius 1 is 1.05 bits per heavy atom. The van der Waals surface area contributed by atoms with Crippen molar-refractivity contribution < 1.29 is 27.1 Å². The molecule has 0 aliphatic rings. The highest BCUT2D eigenvalue weighted by atomic mass is 35.5. The van der Waals surface area contributed by atoms with E-state index in [0.717, 1.165) is 6.07 Å². The van der Waals surface area contributed by atoms with Gasteiger partial charge in [0.15, 0.2) is 0 Å². The molecule has 0 spiro atoms. The van der Waals surface area contributed by atoms with Crippen molar-refractivity contribution in [2.24, 2.45) is 0 Å². The van der Waals surface area contributed by atoms with E-state index in [1.165, 1.54) is 73.7 Å². The molecule has 3 rings (SSSR count). The molecule has 0 aliphatic heterocycles. The third kappa shape index (κ3) is 7.14. The molecule has 3 aromatic carbocycles. The average molecular weight is 541 g/mol. The van der Waals surface area contributed by atoms with E-state index in [2.05, 4.69) is 10.6 Å². The molecular weight excluding hydrogens is 524 g/mol. The van der Waals surface area contributed by atoms with Gasteiger partial charge in [-0.05, 0) is 60.2 Å². The lowest BCUT2D eigenvalue weighted by molar-refractivity contribution is -0.384. The molecule has 0 saturated heterocycles. The molecule has 0 radical (unpaired) electrons. The molecule has 0 bridgehead atoms. The van der Waals surface area contributed by atoms with Crippen LogP contribution in [0.3, 0.4) is 0 Å². The number of amides is 2. The van der Waals surface area contributed by atoms with Crippen molar-refractivity contribution in [3.8, 4) is 11.8 Å². The first kappa shape index (κ1) is 26.9. The summed E-state index contributed by atoms with van der Waals surface area (Å²) in [5.41, 5.74) is -0.0320. The van der Waals surface area contributed by atoms with Gasteiger partial charge in [0.25, 0.3) is 11.6 Å². The van der Waals surface area contributed by atoms with Crippen LogP contribution in [0, 0.1) is 21.4 Å². The molecule has 0 aromatic heterocycles. The summed E-state index contributed by atoms with van der Waals surface area (Å²) in [6.45, 7) is 1.32. The van der Waals surface area contributed by atoms with E-state index < -0.39 is 26.6 Å². The highest BCUT2D eigenvalue weighted by Crippen LogP contribution is 2.28. The van der Waals surface area contributed by atoms with Crippen molar-refractivity contribution in [3.05, 3.63) is 93.0 Å². The topological polar surface area (TPSA) is 168 Å². The van der Waals surface area contributed by atoms with Crippen LogP contribution in [0.25, 0.3) is 6.08 Å². The SMILES string of the molecule is CC(=O)Nc1ccc(S(=O)(=O)Oc2cccc(/C=C(\C#N)C(=O)Nc3ccc(Cl)c([N+](=O)[O-])c3)c2)cc1. The van der Waals surface area contributed by atoms with E-state index in [4.69, 9.17) is 15.8 Å². The van der Waals surface area contributed by atoms with Crippen LogP contribution in [0.15, 0.2) is 77.2 Å². The van der Waals surface area contributed by atoms with E-state index >= 15 is 0 Å². The maximum Gasteiger partial charge on any atom is 0.339 e. The van der Waals surface area contributed by atoms with Gasteiger partial charge >= 0.3 is 10.1 Å². The van der Waals surface area contributed by atoms with Crippen molar-refractivity contribution >= 4 is 56.7 Å². The van der Waals surface area contributed by atoms with Crippen molar-refractivity contribution in [1.82, 2.24) is 0 Å². The quantitative estimate of drug-likeness (QED) is 0.138. The van der Waals surface area contributed by atoms with E-state index in [1.54, 1.807) is 6.07 Å². The van der Waals surface area contributed by atoms with Crippen LogP contribution < -0.4 is 14.8 Å². The van der Waals surface area contributed by atoms with E-state index in [9.17, 15) is 33.4 Å². The zero-order valence-electron chi connectivity index (χ0n) is 19.0. The Bertz CT molecular complexity index is 1560. The Morgan fingerprint density at radius 2 is 1.73 bits per heavy atom. The molecular formula is C24H17ClN4O7S. The van der Waals surface area contributed by atoms with Gasteiger partial charge in [-0.25, -0.2) is 0 Å². The molecule has 0 atom stereocenters. The number of carbonyl (C=O) groups is 2. The van der Waals surface area contributed by atoms with Crippen molar-refractivity contribution in [1.29, 1.82) is 5.26 Å². The molecule has 11 nitrogen and oxygen atoms in total. The van der Waals surface area contributed by atoms with Crippen LogP contribution in [0.4, 0.5) is 17.1 Å². The number of hydrogen-bond acceptors (Lipinski definition) is 8. The number of hydrogen-bond donors (Lipinski definition) is 2. The number of nitro benzene ring substituents is 1. The van der Waals surface area contributed by atoms with Crippen LogP contribution in [-0.2, 0) is 19.7 Å². The summed E-state index contributed by atoms with van der Waals surface area (Å²) in [7, 11) is -4.22. The molecule has 2 N–H and O–H groups in total. The van der Waals surface area contributed by atoms with Gasteiger partial charge in [0.2, 0.25) is 5.91 Å². The summed E-state index contributed by atoms with van der Waals surface area (Å²) in [4.78, 5) is 33.8. The Kier molecular flexibility index (Phi) is 8.23. The summed E-state index contributed by atoms with van der Waals surface area (Å²) in [6, 6.07) is 16.4. The number of nitrogens with zero attached hydrogens (tertiary/aromatic N) is 2. The summed E-state index contributed by atoms with van der Waals surface area (Å²) < 4.78 is 30.4. The second-order valence-electron chi connectivity index (χ2n) is 7.36. The van der Waals surface area contributed by atoms with Crippen LogP contribution in [0.1, 0.15) is 12.5 Å². The Balaban J connectivity index is 1.79. The van der Waals surface area contributed by atoms with E-state index in [1.807, 2.05) is 0 Å². The molecule has 13 heteroatoms. The molecule has 0 fully saturated rings. The van der Waals surface area contributed by atoms with Gasteiger partial charge in [-0.15, -0.1) is 0 Å². The van der Waals surface area contributed by atoms with Crippen molar-refractivity contribution in [3.63, 3.8) is 0 Å². The third-order valence-corrected chi connectivity index (χ3v) is 6.19. The average Bonchev–Trinajstić information content (AvgIpc) is 2.83. The van der Waals surface area contributed by atoms with Gasteiger partial charge in [-0.3, -0.25) is 19.7 Å². The first-order chi connectivity index (χ1) is 17.5. The third-order valence-electron chi connectivity index (χ3n) is 4.60. The molecule has 3 aromatic rings. The number of rotatable bonds is 8. The molecule has 2 amide bonds. The minimum Gasteiger partial charge on any atom is -0.379 e. The first-order valence-corrected chi connectivity index (χ1v) is 12.1. The maximum absolute atomic E-state index is 12.6. The number of carbonyl (C=O) groups excluding carboxylic acids is 2. The Labute approximate surface area is 216 Å². The summed E-state index contributed by atoms with van der Waals surface area (Å²) in [5.74, 6) is -1.24.